The molecule has 0 aliphatic heterocycles. The summed E-state index contributed by atoms with van der Waals surface area (Å²) < 4.78 is 1.76. The molecule has 0 fully saturated rings. The molecule has 0 saturated heterocycles. The second-order valence-electron chi connectivity index (χ2n) is 4.02. The summed E-state index contributed by atoms with van der Waals surface area (Å²) in [5.41, 5.74) is 7.98. The van der Waals surface area contributed by atoms with E-state index in [4.69, 9.17) is 5.73 Å². The van der Waals surface area contributed by atoms with Crippen molar-refractivity contribution in [1.29, 1.82) is 0 Å². The summed E-state index contributed by atoms with van der Waals surface area (Å²) in [7, 11) is 0. The maximum atomic E-state index is 11.7. The molecular formula is C12H11N5O. The van der Waals surface area contributed by atoms with Crippen LogP contribution >= 0.6 is 0 Å². The average molecular weight is 241 g/mol. The quantitative estimate of drug-likeness (QED) is 0.665. The monoisotopic (exact) mass is 241 g/mol. The number of hydrogen-bond donors (Lipinski definition) is 2. The molecule has 0 atom stereocenters. The highest BCUT2D eigenvalue weighted by atomic mass is 16.1. The van der Waals surface area contributed by atoms with Crippen molar-refractivity contribution in [2.75, 3.05) is 5.73 Å². The standard InChI is InChI=1S/C12H11N5O/c1-7-4-2-3-5-8(7)17-6-14-9-10(17)15-12(13)16-11(9)18/h2-6H,1H3,(H3,13,15,16,18). The van der Waals surface area contributed by atoms with Crippen LogP contribution in [0.2, 0.25) is 0 Å². The molecule has 0 bridgehead atoms. The summed E-state index contributed by atoms with van der Waals surface area (Å²) in [6.45, 7) is 1.98. The van der Waals surface area contributed by atoms with Gasteiger partial charge in [-0.1, -0.05) is 18.2 Å². The Labute approximate surface area is 102 Å². The normalized spacial score (nSPS) is 10.9. The van der Waals surface area contributed by atoms with Crippen LogP contribution in [0, 0.1) is 6.92 Å². The van der Waals surface area contributed by atoms with Crippen molar-refractivity contribution in [1.82, 2.24) is 19.5 Å². The number of nitrogen functional groups attached to an aromatic ring is 1. The second kappa shape index (κ2) is 3.69. The van der Waals surface area contributed by atoms with E-state index in [1.807, 2.05) is 31.2 Å². The number of rotatable bonds is 1. The number of aromatic amines is 1. The van der Waals surface area contributed by atoms with E-state index in [1.165, 1.54) is 0 Å². The molecule has 0 spiro atoms. The minimum Gasteiger partial charge on any atom is -0.369 e. The van der Waals surface area contributed by atoms with E-state index in [0.29, 0.717) is 5.65 Å². The molecule has 6 nitrogen and oxygen atoms in total. The first-order chi connectivity index (χ1) is 8.66. The third-order valence-corrected chi connectivity index (χ3v) is 2.80. The first-order valence-corrected chi connectivity index (χ1v) is 5.45. The molecule has 2 heterocycles. The molecule has 0 saturated carbocycles. The van der Waals surface area contributed by atoms with Crippen LogP contribution in [0.15, 0.2) is 35.4 Å². The lowest BCUT2D eigenvalue weighted by atomic mass is 10.2. The third-order valence-electron chi connectivity index (χ3n) is 2.80. The van der Waals surface area contributed by atoms with Crippen molar-refractivity contribution >= 4 is 17.1 Å². The number of hydrogen-bond acceptors (Lipinski definition) is 4. The number of aryl methyl sites for hydroxylation is 1. The highest BCUT2D eigenvalue weighted by Gasteiger charge is 2.11. The summed E-state index contributed by atoms with van der Waals surface area (Å²) in [6.07, 6.45) is 1.58. The molecule has 0 aliphatic carbocycles. The van der Waals surface area contributed by atoms with E-state index in [1.54, 1.807) is 10.9 Å². The largest absolute Gasteiger partial charge is 0.369 e. The molecule has 0 aliphatic rings. The van der Waals surface area contributed by atoms with Crippen molar-refractivity contribution in [3.05, 3.63) is 46.5 Å². The van der Waals surface area contributed by atoms with E-state index in [-0.39, 0.29) is 17.0 Å². The van der Waals surface area contributed by atoms with E-state index in [2.05, 4.69) is 15.0 Å². The van der Waals surface area contributed by atoms with E-state index in [0.717, 1.165) is 11.3 Å². The van der Waals surface area contributed by atoms with Gasteiger partial charge in [0.1, 0.15) is 6.33 Å². The third kappa shape index (κ3) is 1.46. The topological polar surface area (TPSA) is 89.6 Å². The summed E-state index contributed by atoms with van der Waals surface area (Å²) in [6, 6.07) is 7.80. The Balaban J connectivity index is 2.38. The molecule has 3 rings (SSSR count). The van der Waals surface area contributed by atoms with Crippen LogP contribution < -0.4 is 11.3 Å². The van der Waals surface area contributed by atoms with Crippen molar-refractivity contribution in [3.63, 3.8) is 0 Å². The Kier molecular flexibility index (Phi) is 2.16. The molecule has 0 unspecified atom stereocenters. The predicted octanol–water partition coefficient (Wildman–Crippen LogP) is 0.999. The van der Waals surface area contributed by atoms with Gasteiger partial charge < -0.3 is 5.73 Å². The van der Waals surface area contributed by atoms with Crippen LogP contribution in [-0.4, -0.2) is 19.5 Å². The van der Waals surface area contributed by atoms with Gasteiger partial charge >= 0.3 is 0 Å². The van der Waals surface area contributed by atoms with Gasteiger partial charge in [-0.25, -0.2) is 4.98 Å². The molecule has 90 valence electrons. The van der Waals surface area contributed by atoms with Gasteiger partial charge in [0.05, 0.1) is 5.69 Å². The number of nitrogens with two attached hydrogens (primary N) is 1. The summed E-state index contributed by atoms with van der Waals surface area (Å²) in [5, 5.41) is 0. The minimum atomic E-state index is -0.329. The van der Waals surface area contributed by atoms with Crippen LogP contribution in [-0.2, 0) is 0 Å². The van der Waals surface area contributed by atoms with E-state index >= 15 is 0 Å². The summed E-state index contributed by atoms with van der Waals surface area (Å²) in [4.78, 5) is 22.3. The number of nitrogens with one attached hydrogen (secondary N) is 1. The minimum absolute atomic E-state index is 0.0860. The van der Waals surface area contributed by atoms with Crippen LogP contribution in [0.25, 0.3) is 16.9 Å². The van der Waals surface area contributed by atoms with Gasteiger partial charge in [-0.15, -0.1) is 0 Å². The lowest BCUT2D eigenvalue weighted by Crippen LogP contribution is -2.12. The Morgan fingerprint density at radius 2 is 2.11 bits per heavy atom. The zero-order valence-corrected chi connectivity index (χ0v) is 9.71. The van der Waals surface area contributed by atoms with Gasteiger partial charge in [-0.3, -0.25) is 14.3 Å². The number of benzene rings is 1. The van der Waals surface area contributed by atoms with Crippen LogP contribution in [0.4, 0.5) is 5.95 Å². The Morgan fingerprint density at radius 3 is 2.89 bits per heavy atom. The molecule has 3 N–H and O–H groups in total. The van der Waals surface area contributed by atoms with Crippen molar-refractivity contribution in [3.8, 4) is 5.69 Å². The van der Waals surface area contributed by atoms with Gasteiger partial charge in [0.15, 0.2) is 11.2 Å². The van der Waals surface area contributed by atoms with Crippen molar-refractivity contribution in [2.45, 2.75) is 6.92 Å². The summed E-state index contributed by atoms with van der Waals surface area (Å²) >= 11 is 0. The van der Waals surface area contributed by atoms with Gasteiger partial charge in [0.2, 0.25) is 5.95 Å². The smallest absolute Gasteiger partial charge is 0.280 e. The molecular weight excluding hydrogens is 230 g/mol. The lowest BCUT2D eigenvalue weighted by molar-refractivity contribution is 1.05. The molecule has 6 heteroatoms. The van der Waals surface area contributed by atoms with E-state index in [9.17, 15) is 4.79 Å². The van der Waals surface area contributed by atoms with E-state index < -0.39 is 0 Å². The average Bonchev–Trinajstić information content (AvgIpc) is 2.73. The van der Waals surface area contributed by atoms with Crippen LogP contribution in [0.3, 0.4) is 0 Å². The number of nitrogens with zero attached hydrogens (tertiary/aromatic N) is 3. The van der Waals surface area contributed by atoms with Gasteiger partial charge in [-0.2, -0.15) is 4.98 Å². The van der Waals surface area contributed by atoms with Crippen LogP contribution in [0.5, 0.6) is 0 Å². The van der Waals surface area contributed by atoms with Crippen LogP contribution in [0.1, 0.15) is 5.56 Å². The zero-order chi connectivity index (χ0) is 12.7. The van der Waals surface area contributed by atoms with Gasteiger partial charge in [0, 0.05) is 0 Å². The first kappa shape index (κ1) is 10.5. The zero-order valence-electron chi connectivity index (χ0n) is 9.71. The molecule has 0 amide bonds. The van der Waals surface area contributed by atoms with Crippen molar-refractivity contribution in [2.24, 2.45) is 0 Å². The maximum absolute atomic E-state index is 11.7. The fourth-order valence-corrected chi connectivity index (χ4v) is 1.94. The number of H-pyrrole nitrogens is 1. The van der Waals surface area contributed by atoms with Crippen molar-refractivity contribution < 1.29 is 0 Å². The second-order valence-corrected chi connectivity index (χ2v) is 4.02. The summed E-state index contributed by atoms with van der Waals surface area (Å²) in [5.74, 6) is 0.0860. The highest BCUT2D eigenvalue weighted by Crippen LogP contribution is 2.17. The Morgan fingerprint density at radius 1 is 1.33 bits per heavy atom. The fourth-order valence-electron chi connectivity index (χ4n) is 1.94. The fraction of sp³-hybridized carbons (Fsp3) is 0.0833. The predicted molar refractivity (Wildman–Crippen MR) is 68.6 cm³/mol. The lowest BCUT2D eigenvalue weighted by Gasteiger charge is -2.06. The highest BCUT2D eigenvalue weighted by molar-refractivity contribution is 5.73. The maximum Gasteiger partial charge on any atom is 0.280 e. The first-order valence-electron chi connectivity index (χ1n) is 5.45. The molecule has 1 aromatic carbocycles. The molecule has 18 heavy (non-hydrogen) atoms. The Bertz CT molecular complexity index is 787. The number of aromatic nitrogens is 4. The number of para-hydroxylation sites is 1. The Hall–Kier alpha value is -2.63. The van der Waals surface area contributed by atoms with Gasteiger partial charge in [0.25, 0.3) is 5.56 Å². The SMILES string of the molecule is Cc1ccccc1-n1cnc2c(=O)[nH]c(N)nc21. The molecule has 2 aromatic heterocycles. The number of anilines is 1. The van der Waals surface area contributed by atoms with Gasteiger partial charge in [-0.05, 0) is 18.6 Å². The number of imidazole rings is 1. The molecule has 3 aromatic rings. The molecule has 0 radical (unpaired) electrons. The number of fused-ring (bicyclic) bond motifs is 1.